The fraction of sp³-hybridized carbons (Fsp3) is 0.0588. The van der Waals surface area contributed by atoms with Crippen LogP contribution in [-0.2, 0) is 0 Å². The summed E-state index contributed by atoms with van der Waals surface area (Å²) >= 11 is 3.26. The van der Waals surface area contributed by atoms with E-state index in [-0.39, 0.29) is 5.75 Å². The second-order valence-corrected chi connectivity index (χ2v) is 5.84. The topological polar surface area (TPSA) is 72.7 Å². The third-order valence-electron chi connectivity index (χ3n) is 3.30. The van der Waals surface area contributed by atoms with E-state index < -0.39 is 0 Å². The number of nitriles is 1. The van der Waals surface area contributed by atoms with Gasteiger partial charge in [0.05, 0.1) is 21.1 Å². The van der Waals surface area contributed by atoms with E-state index in [1.807, 2.05) is 25.1 Å². The van der Waals surface area contributed by atoms with Crippen LogP contribution in [0.3, 0.4) is 0 Å². The van der Waals surface area contributed by atoms with Gasteiger partial charge in [0.25, 0.3) is 0 Å². The number of aromatic amines is 1. The third-order valence-corrected chi connectivity index (χ3v) is 3.93. The molecule has 0 aliphatic heterocycles. The summed E-state index contributed by atoms with van der Waals surface area (Å²) < 4.78 is 0.582. The number of aromatic nitrogens is 2. The summed E-state index contributed by atoms with van der Waals surface area (Å²) in [5, 5.41) is 18.9. The van der Waals surface area contributed by atoms with Crippen LogP contribution in [0.15, 0.2) is 40.9 Å². The number of allylic oxidation sites excluding steroid dienone is 1. The smallest absolute Gasteiger partial charge is 0.149 e. The van der Waals surface area contributed by atoms with E-state index >= 15 is 0 Å². The summed E-state index contributed by atoms with van der Waals surface area (Å²) in [4.78, 5) is 7.62. The summed E-state index contributed by atoms with van der Waals surface area (Å²) in [6, 6.07) is 13.1. The fourth-order valence-electron chi connectivity index (χ4n) is 2.18. The zero-order valence-electron chi connectivity index (χ0n) is 11.8. The first-order chi connectivity index (χ1) is 10.6. The van der Waals surface area contributed by atoms with Crippen molar-refractivity contribution in [3.63, 3.8) is 0 Å². The van der Waals surface area contributed by atoms with Gasteiger partial charge in [-0.15, -0.1) is 0 Å². The van der Waals surface area contributed by atoms with E-state index in [0.717, 1.165) is 22.2 Å². The molecule has 2 aromatic carbocycles. The molecule has 0 aliphatic carbocycles. The molecule has 2 N–H and O–H groups in total. The molecule has 22 heavy (non-hydrogen) atoms. The summed E-state index contributed by atoms with van der Waals surface area (Å²) in [5.41, 5.74) is 4.11. The van der Waals surface area contributed by atoms with Crippen molar-refractivity contribution in [3.8, 4) is 11.8 Å². The van der Waals surface area contributed by atoms with Gasteiger partial charge in [0, 0.05) is 0 Å². The zero-order chi connectivity index (χ0) is 15.7. The molecule has 0 saturated carbocycles. The lowest BCUT2D eigenvalue weighted by Crippen LogP contribution is -1.85. The Morgan fingerprint density at radius 2 is 2.14 bits per heavy atom. The van der Waals surface area contributed by atoms with Gasteiger partial charge in [0.1, 0.15) is 17.6 Å². The molecule has 0 atom stereocenters. The molecule has 0 amide bonds. The second kappa shape index (κ2) is 5.66. The molecule has 1 heterocycles. The van der Waals surface area contributed by atoms with Crippen LogP contribution < -0.4 is 0 Å². The summed E-state index contributed by atoms with van der Waals surface area (Å²) in [7, 11) is 0. The molecule has 4 nitrogen and oxygen atoms in total. The van der Waals surface area contributed by atoms with E-state index in [9.17, 15) is 10.4 Å². The molecule has 0 fully saturated rings. The maximum Gasteiger partial charge on any atom is 0.149 e. The minimum absolute atomic E-state index is 0.162. The number of aromatic hydroxyl groups is 1. The van der Waals surface area contributed by atoms with Gasteiger partial charge in [-0.05, 0) is 64.3 Å². The quantitative estimate of drug-likeness (QED) is 0.670. The molecule has 0 saturated heterocycles. The lowest BCUT2D eigenvalue weighted by molar-refractivity contribution is 0.472. The number of aryl methyl sites for hydroxylation is 1. The molecular weight excluding hydrogens is 342 g/mol. The van der Waals surface area contributed by atoms with Gasteiger partial charge in [-0.1, -0.05) is 12.1 Å². The Hall–Kier alpha value is -2.58. The molecule has 108 valence electrons. The number of phenols is 1. The van der Waals surface area contributed by atoms with E-state index in [1.54, 1.807) is 24.3 Å². The van der Waals surface area contributed by atoms with Crippen molar-refractivity contribution in [1.29, 1.82) is 5.26 Å². The molecular formula is C17H12BrN3O. The molecule has 0 spiro atoms. The number of nitrogens with zero attached hydrogens (tertiary/aromatic N) is 2. The molecule has 0 aliphatic rings. The first kappa shape index (κ1) is 14.4. The summed E-state index contributed by atoms with van der Waals surface area (Å²) in [6.07, 6.45) is 1.73. The predicted molar refractivity (Wildman–Crippen MR) is 90.1 cm³/mol. The highest BCUT2D eigenvalue weighted by atomic mass is 79.9. The lowest BCUT2D eigenvalue weighted by Gasteiger charge is -1.99. The number of halogens is 1. The largest absolute Gasteiger partial charge is 0.507 e. The Morgan fingerprint density at radius 3 is 2.86 bits per heavy atom. The molecule has 0 unspecified atom stereocenters. The van der Waals surface area contributed by atoms with Crippen LogP contribution in [0.5, 0.6) is 5.75 Å². The van der Waals surface area contributed by atoms with Gasteiger partial charge < -0.3 is 10.1 Å². The van der Waals surface area contributed by atoms with Crippen molar-refractivity contribution in [2.75, 3.05) is 0 Å². The molecule has 1 aromatic heterocycles. The van der Waals surface area contributed by atoms with E-state index in [4.69, 9.17) is 0 Å². The SMILES string of the molecule is Cc1ccc2nc(/C(C#N)=C\c3ccc(O)c(Br)c3)[nH]c2c1. The van der Waals surface area contributed by atoms with Crippen molar-refractivity contribution in [1.82, 2.24) is 9.97 Å². The van der Waals surface area contributed by atoms with Crippen LogP contribution >= 0.6 is 15.9 Å². The van der Waals surface area contributed by atoms with Gasteiger partial charge in [-0.25, -0.2) is 4.98 Å². The number of hydrogen-bond donors (Lipinski definition) is 2. The first-order valence-electron chi connectivity index (χ1n) is 6.64. The van der Waals surface area contributed by atoms with Gasteiger partial charge in [0.2, 0.25) is 0 Å². The normalized spacial score (nSPS) is 11.6. The van der Waals surface area contributed by atoms with E-state index in [0.29, 0.717) is 15.9 Å². The second-order valence-electron chi connectivity index (χ2n) is 4.99. The van der Waals surface area contributed by atoms with Crippen molar-refractivity contribution < 1.29 is 5.11 Å². The maximum absolute atomic E-state index is 9.52. The Balaban J connectivity index is 2.07. The maximum atomic E-state index is 9.52. The standard InChI is InChI=1S/C17H12BrN3O/c1-10-2-4-14-15(6-10)21-17(20-14)12(9-19)7-11-3-5-16(22)13(18)8-11/h2-8,22H,1H3,(H,20,21)/b12-7-. The highest BCUT2D eigenvalue weighted by Crippen LogP contribution is 2.26. The summed E-state index contributed by atoms with van der Waals surface area (Å²) in [6.45, 7) is 2.01. The highest BCUT2D eigenvalue weighted by Gasteiger charge is 2.08. The Morgan fingerprint density at radius 1 is 1.32 bits per heavy atom. The number of rotatable bonds is 2. The molecule has 3 aromatic rings. The van der Waals surface area contributed by atoms with Crippen LogP contribution in [0.25, 0.3) is 22.7 Å². The number of phenolic OH excluding ortho intramolecular Hbond substituents is 1. The van der Waals surface area contributed by atoms with Crippen LogP contribution in [0.4, 0.5) is 0 Å². The molecule has 3 rings (SSSR count). The average Bonchev–Trinajstić information content (AvgIpc) is 2.91. The number of hydrogen-bond acceptors (Lipinski definition) is 3. The lowest BCUT2D eigenvalue weighted by atomic mass is 10.1. The van der Waals surface area contributed by atoms with Gasteiger partial charge in [0.15, 0.2) is 0 Å². The van der Waals surface area contributed by atoms with Crippen molar-refractivity contribution in [2.24, 2.45) is 0 Å². The van der Waals surface area contributed by atoms with Crippen molar-refractivity contribution in [2.45, 2.75) is 6.92 Å². The number of imidazole rings is 1. The minimum atomic E-state index is 0.162. The van der Waals surface area contributed by atoms with Crippen LogP contribution in [0, 0.1) is 18.3 Å². The number of H-pyrrole nitrogens is 1. The molecule has 5 heteroatoms. The Labute approximate surface area is 135 Å². The third kappa shape index (κ3) is 2.74. The predicted octanol–water partition coefficient (Wildman–Crippen LogP) is 4.40. The number of nitrogens with one attached hydrogen (secondary N) is 1. The number of benzene rings is 2. The molecule has 0 bridgehead atoms. The van der Waals surface area contributed by atoms with Gasteiger partial charge in [-0.2, -0.15) is 5.26 Å². The average molecular weight is 354 g/mol. The van der Waals surface area contributed by atoms with E-state index in [2.05, 4.69) is 32.0 Å². The van der Waals surface area contributed by atoms with Gasteiger partial charge >= 0.3 is 0 Å². The van der Waals surface area contributed by atoms with Crippen LogP contribution in [-0.4, -0.2) is 15.1 Å². The minimum Gasteiger partial charge on any atom is -0.507 e. The zero-order valence-corrected chi connectivity index (χ0v) is 13.3. The first-order valence-corrected chi connectivity index (χ1v) is 7.43. The van der Waals surface area contributed by atoms with E-state index in [1.165, 1.54) is 0 Å². The van der Waals surface area contributed by atoms with Crippen LogP contribution in [0.2, 0.25) is 0 Å². The van der Waals surface area contributed by atoms with Crippen molar-refractivity contribution >= 4 is 38.6 Å². The molecule has 0 radical (unpaired) electrons. The monoisotopic (exact) mass is 353 g/mol. The Kier molecular flexibility index (Phi) is 3.70. The summed E-state index contributed by atoms with van der Waals surface area (Å²) in [5.74, 6) is 0.696. The highest BCUT2D eigenvalue weighted by molar-refractivity contribution is 9.10. The number of fused-ring (bicyclic) bond motifs is 1. The fourth-order valence-corrected chi connectivity index (χ4v) is 2.58. The van der Waals surface area contributed by atoms with Gasteiger partial charge in [-0.3, -0.25) is 0 Å². The Bertz CT molecular complexity index is 935. The van der Waals surface area contributed by atoms with Crippen LogP contribution in [0.1, 0.15) is 17.0 Å². The van der Waals surface area contributed by atoms with Crippen molar-refractivity contribution in [3.05, 3.63) is 57.8 Å².